The predicted molar refractivity (Wildman–Crippen MR) is 316 cm³/mol. The third-order valence-electron chi connectivity index (χ3n) is 13.6. The monoisotopic (exact) mass is 1230 g/mol. The van der Waals surface area contributed by atoms with E-state index in [2.05, 4.69) is 47.9 Å². The molecule has 0 bridgehead atoms. The Hall–Kier alpha value is -7.87. The van der Waals surface area contributed by atoms with Gasteiger partial charge in [0.1, 0.15) is 54.4 Å². The molecule has 0 aliphatic heterocycles. The molecule has 1 rings (SSSR count). The smallest absolute Gasteiger partial charge is 0.326 e. The number of hydrogen-bond acceptors (Lipinski definition) is 18. The molecule has 87 heavy (non-hydrogen) atoms. The Bertz CT molecular complexity index is 2400. The molecule has 0 heterocycles. The van der Waals surface area contributed by atoms with E-state index in [0.29, 0.717) is 44.1 Å². The lowest BCUT2D eigenvalue weighted by Crippen LogP contribution is -2.60. The molecular weight excluding hydrogens is 1140 g/mol. The van der Waals surface area contributed by atoms with Crippen molar-refractivity contribution in [2.45, 2.75) is 203 Å². The van der Waals surface area contributed by atoms with Gasteiger partial charge in [0.25, 0.3) is 0 Å². The minimum atomic E-state index is -1.79. The predicted octanol–water partition coefficient (Wildman–Crippen LogP) is -3.21. The number of carbonyl (C=O) groups is 13. The van der Waals surface area contributed by atoms with Crippen molar-refractivity contribution in [3.05, 3.63) is 35.9 Å². The molecule has 0 saturated carbocycles. The van der Waals surface area contributed by atoms with E-state index in [1.165, 1.54) is 6.92 Å². The number of nitrogens with one attached hydrogen (secondary N) is 9. The Morgan fingerprint density at radius 3 is 1.09 bits per heavy atom. The van der Waals surface area contributed by atoms with Gasteiger partial charge in [-0.2, -0.15) is 0 Å². The van der Waals surface area contributed by atoms with Gasteiger partial charge in [0.2, 0.25) is 53.2 Å². The standard InChI is InChI=1S/C56H94N14O17/c1-32(2)29-43(56(86)87)70-53(83)40(22-24-45(73)74)67-52(82)39(20-10-14-28-60)65-51(81)38(19-9-13-27-59)64-50(80)37(18-8-12-26-58)63-47(77)33(3)62-49(79)36(17-7-11-25-57)66-54(84)41(30-34-15-5-4-6-16-34)69-55(85)42(31-46(75)76)68-48(78)35(61)21-23-44(71)72/h4-6,15-16,32-33,35-43H,7-14,17-31,57-61H2,1-3H3,(H,62,79)(H,63,77)(H,64,80)(H,65,81)(H,66,84)(H,67,82)(H,68,78)(H,69,85)(H,70,83)(H,71,72)(H,73,74)(H,75,76)(H,86,87)/t33-,35-,36-,37-,38-,39-,40-,41-,42-,43-/m0/s1. The molecule has 1 aromatic rings. The first-order chi connectivity index (χ1) is 41.2. The molecule has 23 N–H and O–H groups in total. The van der Waals surface area contributed by atoms with Crippen LogP contribution in [0, 0.1) is 5.92 Å². The highest BCUT2D eigenvalue weighted by Crippen LogP contribution is 2.13. The van der Waals surface area contributed by atoms with Gasteiger partial charge in [-0.15, -0.1) is 0 Å². The maximum absolute atomic E-state index is 14.3. The second kappa shape index (κ2) is 42.9. The Morgan fingerprint density at radius 1 is 0.379 bits per heavy atom. The van der Waals surface area contributed by atoms with Crippen molar-refractivity contribution in [1.29, 1.82) is 0 Å². The van der Waals surface area contributed by atoms with Gasteiger partial charge in [-0.25, -0.2) is 4.79 Å². The van der Waals surface area contributed by atoms with E-state index >= 15 is 0 Å². The minimum absolute atomic E-state index is 0.0166. The number of unbranched alkanes of at least 4 members (excludes halogenated alkanes) is 4. The number of benzene rings is 1. The zero-order valence-electron chi connectivity index (χ0n) is 50.0. The summed E-state index contributed by atoms with van der Waals surface area (Å²) in [6.07, 6.45) is -0.383. The minimum Gasteiger partial charge on any atom is -0.481 e. The van der Waals surface area contributed by atoms with Crippen LogP contribution in [0.1, 0.15) is 142 Å². The zero-order valence-corrected chi connectivity index (χ0v) is 50.0. The molecule has 0 aromatic heterocycles. The van der Waals surface area contributed by atoms with E-state index in [1.54, 1.807) is 44.2 Å². The fourth-order valence-corrected chi connectivity index (χ4v) is 8.72. The summed E-state index contributed by atoms with van der Waals surface area (Å²) in [5.41, 5.74) is 29.3. The van der Waals surface area contributed by atoms with Crippen molar-refractivity contribution in [2.75, 3.05) is 26.2 Å². The maximum atomic E-state index is 14.3. The lowest BCUT2D eigenvalue weighted by atomic mass is 10.0. The molecule has 0 radical (unpaired) electrons. The van der Waals surface area contributed by atoms with E-state index in [1.807, 2.05) is 0 Å². The van der Waals surface area contributed by atoms with E-state index in [9.17, 15) is 77.6 Å². The van der Waals surface area contributed by atoms with Gasteiger partial charge in [0, 0.05) is 19.3 Å². The van der Waals surface area contributed by atoms with E-state index in [4.69, 9.17) is 33.8 Å². The van der Waals surface area contributed by atoms with Crippen molar-refractivity contribution < 1.29 is 82.8 Å². The molecule has 490 valence electrons. The lowest BCUT2D eigenvalue weighted by molar-refractivity contribution is -0.143. The van der Waals surface area contributed by atoms with Gasteiger partial charge in [0.05, 0.1) is 12.5 Å². The van der Waals surface area contributed by atoms with Gasteiger partial charge in [-0.3, -0.25) is 57.5 Å². The van der Waals surface area contributed by atoms with Gasteiger partial charge < -0.3 is 96.9 Å². The third kappa shape index (κ3) is 32.4. The Balaban J connectivity index is 3.54. The van der Waals surface area contributed by atoms with Gasteiger partial charge in [-0.1, -0.05) is 44.2 Å². The molecule has 31 heteroatoms. The highest BCUT2D eigenvalue weighted by Gasteiger charge is 2.36. The molecule has 10 atom stereocenters. The first-order valence-electron chi connectivity index (χ1n) is 29.4. The summed E-state index contributed by atoms with van der Waals surface area (Å²) < 4.78 is 0. The Kier molecular flexibility index (Phi) is 38.0. The molecule has 0 saturated heterocycles. The van der Waals surface area contributed by atoms with Crippen LogP contribution >= 0.6 is 0 Å². The molecule has 0 unspecified atom stereocenters. The summed E-state index contributed by atoms with van der Waals surface area (Å²) >= 11 is 0. The first-order valence-corrected chi connectivity index (χ1v) is 29.4. The number of aliphatic carboxylic acids is 4. The van der Waals surface area contributed by atoms with E-state index in [-0.39, 0.29) is 89.9 Å². The molecule has 9 amide bonds. The number of nitrogens with two attached hydrogens (primary N) is 5. The summed E-state index contributed by atoms with van der Waals surface area (Å²) in [5.74, 6) is -14.0. The molecule has 0 spiro atoms. The fraction of sp³-hybridized carbons (Fsp3) is 0.661. The molecular formula is C56H94N14O17. The Labute approximate surface area is 506 Å². The summed E-state index contributed by atoms with van der Waals surface area (Å²) in [6.45, 7) is 5.59. The van der Waals surface area contributed by atoms with Crippen LogP contribution in [0.2, 0.25) is 0 Å². The van der Waals surface area contributed by atoms with Crippen LogP contribution in [0.4, 0.5) is 0 Å². The summed E-state index contributed by atoms with van der Waals surface area (Å²) in [5, 5.41) is 60.4. The maximum Gasteiger partial charge on any atom is 0.326 e. The number of hydrogen-bond donors (Lipinski definition) is 18. The SMILES string of the molecule is CC(C)C[C@H](NC(=O)[C@H](CCC(=O)O)NC(=O)[C@H](CCCCN)NC(=O)[C@H](CCCCN)NC(=O)[C@H](CCCCN)NC(=O)[C@H](C)NC(=O)[C@H](CCCCN)NC(=O)[C@H](Cc1ccccc1)NC(=O)[C@H](CC(=O)O)NC(=O)[C@@H](N)CCC(=O)O)C(=O)O. The zero-order chi connectivity index (χ0) is 65.6. The molecule has 1 aromatic carbocycles. The molecule has 0 fully saturated rings. The topological polar surface area (TPSA) is 541 Å². The van der Waals surface area contributed by atoms with Crippen LogP contribution in [0.15, 0.2) is 30.3 Å². The van der Waals surface area contributed by atoms with Crippen LogP contribution in [-0.2, 0) is 68.7 Å². The first kappa shape index (κ1) is 77.1. The second-order valence-electron chi connectivity index (χ2n) is 21.6. The van der Waals surface area contributed by atoms with Crippen molar-refractivity contribution in [3.63, 3.8) is 0 Å². The van der Waals surface area contributed by atoms with Crippen molar-refractivity contribution >= 4 is 77.0 Å². The average Bonchev–Trinajstić information content (AvgIpc) is 3.65. The lowest BCUT2D eigenvalue weighted by Gasteiger charge is -2.28. The van der Waals surface area contributed by atoms with Crippen LogP contribution in [0.3, 0.4) is 0 Å². The highest BCUT2D eigenvalue weighted by atomic mass is 16.4. The Morgan fingerprint density at radius 2 is 0.713 bits per heavy atom. The largest absolute Gasteiger partial charge is 0.481 e. The van der Waals surface area contributed by atoms with Gasteiger partial charge in [-0.05, 0) is 141 Å². The summed E-state index contributed by atoms with van der Waals surface area (Å²) in [6, 6.07) is -6.27. The van der Waals surface area contributed by atoms with Crippen LogP contribution in [0.5, 0.6) is 0 Å². The number of carbonyl (C=O) groups excluding carboxylic acids is 9. The number of carboxylic acid groups (broad SMARTS) is 4. The van der Waals surface area contributed by atoms with E-state index < -0.39 is 163 Å². The van der Waals surface area contributed by atoms with Crippen molar-refractivity contribution in [3.8, 4) is 0 Å². The third-order valence-corrected chi connectivity index (χ3v) is 13.6. The highest BCUT2D eigenvalue weighted by molar-refractivity contribution is 5.99. The van der Waals surface area contributed by atoms with Crippen LogP contribution in [-0.4, -0.2) is 184 Å². The van der Waals surface area contributed by atoms with Crippen LogP contribution in [0.25, 0.3) is 0 Å². The number of rotatable bonds is 47. The van der Waals surface area contributed by atoms with Crippen molar-refractivity contribution in [1.82, 2.24) is 47.9 Å². The quantitative estimate of drug-likeness (QED) is 0.0286. The van der Waals surface area contributed by atoms with Crippen LogP contribution < -0.4 is 76.5 Å². The van der Waals surface area contributed by atoms with Gasteiger partial charge >= 0.3 is 23.9 Å². The van der Waals surface area contributed by atoms with E-state index in [0.717, 1.165) is 0 Å². The molecule has 0 aliphatic rings. The van der Waals surface area contributed by atoms with Crippen molar-refractivity contribution in [2.24, 2.45) is 34.6 Å². The summed E-state index contributed by atoms with van der Waals surface area (Å²) in [4.78, 5) is 171. The summed E-state index contributed by atoms with van der Waals surface area (Å²) in [7, 11) is 0. The molecule has 31 nitrogen and oxygen atoms in total. The number of carboxylic acids is 4. The normalized spacial score (nSPS) is 14.5. The number of amides is 9. The second-order valence-corrected chi connectivity index (χ2v) is 21.6. The van der Waals surface area contributed by atoms with Gasteiger partial charge in [0.15, 0.2) is 0 Å². The molecule has 0 aliphatic carbocycles. The fourth-order valence-electron chi connectivity index (χ4n) is 8.72. The average molecular weight is 1240 g/mol.